The summed E-state index contributed by atoms with van der Waals surface area (Å²) >= 11 is 0. The van der Waals surface area contributed by atoms with Gasteiger partial charge in [-0.05, 0) is 48.8 Å². The maximum absolute atomic E-state index is 12.3. The molecule has 0 bridgehead atoms. The van der Waals surface area contributed by atoms with Crippen LogP contribution in [-0.4, -0.2) is 44.1 Å². The molecule has 35 heavy (non-hydrogen) atoms. The van der Waals surface area contributed by atoms with Crippen molar-refractivity contribution in [3.8, 4) is 0 Å². The minimum Gasteiger partial charge on any atom is -0.364 e. The second kappa shape index (κ2) is 8.71. The van der Waals surface area contributed by atoms with Crippen molar-refractivity contribution in [2.24, 2.45) is 29.6 Å². The second-order valence-corrected chi connectivity index (χ2v) is 9.60. The number of aromatic nitrogens is 4. The van der Waals surface area contributed by atoms with Crippen LogP contribution in [0.15, 0.2) is 22.8 Å². The Morgan fingerprint density at radius 2 is 2.11 bits per heavy atom. The van der Waals surface area contributed by atoms with E-state index in [-0.39, 0.29) is 23.2 Å². The quantitative estimate of drug-likeness (QED) is 0.347. The van der Waals surface area contributed by atoms with Gasteiger partial charge >= 0.3 is 5.95 Å². The van der Waals surface area contributed by atoms with E-state index in [1.807, 2.05) is 11.6 Å². The van der Waals surface area contributed by atoms with Gasteiger partial charge in [0.25, 0.3) is 11.9 Å². The number of rotatable bonds is 4. The van der Waals surface area contributed by atoms with Gasteiger partial charge in [-0.1, -0.05) is 18.8 Å². The lowest BCUT2D eigenvalue weighted by Crippen LogP contribution is -2.34. The predicted molar refractivity (Wildman–Crippen MR) is 130 cm³/mol. The number of hydrogen-bond donors (Lipinski definition) is 3. The molecule has 182 valence electrons. The summed E-state index contributed by atoms with van der Waals surface area (Å²) in [6.07, 6.45) is 8.00. The first-order valence-electron chi connectivity index (χ1n) is 11.9. The van der Waals surface area contributed by atoms with Crippen molar-refractivity contribution in [3.05, 3.63) is 50.6 Å². The number of anilines is 2. The number of nitrogens with one attached hydrogen (secondary N) is 2. The van der Waals surface area contributed by atoms with Crippen LogP contribution in [0, 0.1) is 22.0 Å². The van der Waals surface area contributed by atoms with E-state index < -0.39 is 11.9 Å². The van der Waals surface area contributed by atoms with Gasteiger partial charge in [0.1, 0.15) is 5.71 Å². The summed E-state index contributed by atoms with van der Waals surface area (Å²) in [6.45, 7) is 4.84. The molecule has 3 atom stereocenters. The maximum atomic E-state index is 12.3. The highest BCUT2D eigenvalue weighted by Gasteiger charge is 2.35. The molecule has 0 fully saturated rings. The molecule has 3 heterocycles. The average Bonchev–Trinajstić information content (AvgIpc) is 3.06. The molecule has 3 unspecified atom stereocenters. The topological polar surface area (TPSA) is 156 Å². The summed E-state index contributed by atoms with van der Waals surface area (Å²) in [6, 6.07) is -0.761. The summed E-state index contributed by atoms with van der Waals surface area (Å²) in [5.41, 5.74) is 11.4. The lowest BCUT2D eigenvalue weighted by molar-refractivity contribution is -0.660. The van der Waals surface area contributed by atoms with Gasteiger partial charge in [0, 0.05) is 22.6 Å². The van der Waals surface area contributed by atoms with Gasteiger partial charge in [-0.2, -0.15) is 4.98 Å². The first kappa shape index (κ1) is 22.9. The van der Waals surface area contributed by atoms with E-state index in [1.54, 1.807) is 12.2 Å². The standard InChI is InChI=1S/C24H28N8O3/c1-12-10-26-21(22(25)33)16-6-4-5-14-11-31(3)24(29-20(14)19(16)13(12)2)30-23-27-17-8-7-15(32(34)35)9-18(17)28-23/h7-8,11-13,15H,4-6,9-10H2,1-3H3,(H3,25,26,27,28,33)/p+1. The molecule has 5 rings (SSSR count). The number of fused-ring (bicyclic) bond motifs is 3. The summed E-state index contributed by atoms with van der Waals surface area (Å²) in [5.74, 6) is 0.921. The maximum Gasteiger partial charge on any atom is 0.399 e. The fraction of sp³-hybridized carbons (Fsp3) is 0.458. The third-order valence-electron chi connectivity index (χ3n) is 7.23. The van der Waals surface area contributed by atoms with Crippen molar-refractivity contribution in [1.82, 2.24) is 15.0 Å². The molecule has 3 aliphatic rings. The van der Waals surface area contributed by atoms with E-state index in [1.165, 1.54) is 0 Å². The Labute approximate surface area is 202 Å². The van der Waals surface area contributed by atoms with Gasteiger partial charge in [-0.3, -0.25) is 19.9 Å². The fourth-order valence-electron chi connectivity index (χ4n) is 5.12. The first-order chi connectivity index (χ1) is 16.7. The summed E-state index contributed by atoms with van der Waals surface area (Å²) in [5, 5.41) is 14.4. The number of aliphatic imine (C=N–C) groups is 1. The molecular weight excluding hydrogens is 448 g/mol. The van der Waals surface area contributed by atoms with E-state index >= 15 is 0 Å². The Balaban J connectivity index is 1.56. The number of nitro groups is 1. The zero-order valence-corrected chi connectivity index (χ0v) is 20.0. The number of allylic oxidation sites excluding steroid dienone is 1. The highest BCUT2D eigenvalue weighted by atomic mass is 16.6. The number of nitrogens with zero attached hydrogens (tertiary/aromatic N) is 5. The molecule has 11 heteroatoms. The molecule has 1 aliphatic heterocycles. The molecule has 1 amide bonds. The number of aromatic amines is 1. The summed E-state index contributed by atoms with van der Waals surface area (Å²) in [7, 11) is 1.91. The Hall–Kier alpha value is -3.89. The number of aryl methyl sites for hydroxylation is 2. The molecule has 0 saturated carbocycles. The minimum absolute atomic E-state index is 0.149. The van der Waals surface area contributed by atoms with Gasteiger partial charge in [0.15, 0.2) is 5.69 Å². The number of amides is 1. The third-order valence-corrected chi connectivity index (χ3v) is 7.23. The van der Waals surface area contributed by atoms with Crippen LogP contribution >= 0.6 is 0 Å². The molecule has 2 aromatic heterocycles. The zero-order chi connectivity index (χ0) is 24.9. The largest absolute Gasteiger partial charge is 0.399 e. The van der Waals surface area contributed by atoms with Gasteiger partial charge in [0.2, 0.25) is 6.04 Å². The van der Waals surface area contributed by atoms with Crippen LogP contribution in [0.25, 0.3) is 11.6 Å². The minimum atomic E-state index is -0.761. The normalized spacial score (nSPS) is 23.4. The summed E-state index contributed by atoms with van der Waals surface area (Å²) in [4.78, 5) is 40.5. The van der Waals surface area contributed by atoms with Crippen LogP contribution in [0.5, 0.6) is 0 Å². The van der Waals surface area contributed by atoms with E-state index in [2.05, 4.69) is 40.3 Å². The highest BCUT2D eigenvalue weighted by molar-refractivity contribution is 6.46. The van der Waals surface area contributed by atoms with Crippen molar-refractivity contribution in [3.63, 3.8) is 0 Å². The number of nitrogens with two attached hydrogens (primary N) is 1. The van der Waals surface area contributed by atoms with Crippen LogP contribution in [0.4, 0.5) is 11.9 Å². The van der Waals surface area contributed by atoms with Crippen LogP contribution in [0.3, 0.4) is 0 Å². The Bertz CT molecular complexity index is 1320. The fourth-order valence-corrected chi connectivity index (χ4v) is 5.12. The second-order valence-electron chi connectivity index (χ2n) is 9.60. The SMILES string of the molecule is CC1CN=C(C(N)=O)C2=C(c3nc(Nc4nc5c([nH]4)CC([N+](=O)[O-])C=C5)[n+](C)cc3CCC2)C1C. The highest BCUT2D eigenvalue weighted by Crippen LogP contribution is 2.39. The number of imidazole rings is 1. The van der Waals surface area contributed by atoms with Crippen molar-refractivity contribution in [1.29, 1.82) is 0 Å². The van der Waals surface area contributed by atoms with Crippen LogP contribution in [0.1, 0.15) is 49.3 Å². The molecule has 11 nitrogen and oxygen atoms in total. The molecule has 2 aromatic rings. The van der Waals surface area contributed by atoms with E-state index in [0.29, 0.717) is 35.5 Å². The molecule has 2 aliphatic carbocycles. The first-order valence-corrected chi connectivity index (χ1v) is 11.9. The van der Waals surface area contributed by atoms with Gasteiger partial charge in [-0.15, -0.1) is 0 Å². The zero-order valence-electron chi connectivity index (χ0n) is 20.0. The molecule has 4 N–H and O–H groups in total. The van der Waals surface area contributed by atoms with Gasteiger partial charge in [-0.25, -0.2) is 9.88 Å². The van der Waals surface area contributed by atoms with E-state index in [9.17, 15) is 14.9 Å². The van der Waals surface area contributed by atoms with Crippen molar-refractivity contribution < 1.29 is 14.3 Å². The van der Waals surface area contributed by atoms with Crippen LogP contribution in [0.2, 0.25) is 0 Å². The monoisotopic (exact) mass is 477 g/mol. The Morgan fingerprint density at radius 1 is 1.31 bits per heavy atom. The van der Waals surface area contributed by atoms with Crippen LogP contribution < -0.4 is 15.6 Å². The molecule has 0 saturated heterocycles. The number of carbonyl (C=O) groups is 1. The molecular formula is C24H29N8O3+. The van der Waals surface area contributed by atoms with E-state index in [4.69, 9.17) is 10.7 Å². The third kappa shape index (κ3) is 4.11. The number of hydrogen-bond acceptors (Lipinski definition) is 7. The average molecular weight is 478 g/mol. The van der Waals surface area contributed by atoms with Crippen molar-refractivity contribution in [2.75, 3.05) is 11.9 Å². The lowest BCUT2D eigenvalue weighted by Gasteiger charge is -2.21. The summed E-state index contributed by atoms with van der Waals surface area (Å²) < 4.78 is 1.91. The Kier molecular flexibility index (Phi) is 5.70. The van der Waals surface area contributed by atoms with Gasteiger partial charge in [0.05, 0.1) is 31.1 Å². The van der Waals surface area contributed by atoms with Crippen molar-refractivity contribution in [2.45, 2.75) is 45.6 Å². The molecule has 0 spiro atoms. The van der Waals surface area contributed by atoms with Crippen LogP contribution in [-0.2, 0) is 24.7 Å². The predicted octanol–water partition coefficient (Wildman–Crippen LogP) is 1.89. The lowest BCUT2D eigenvalue weighted by atomic mass is 9.83. The number of primary amides is 1. The number of carbonyl (C=O) groups excluding carboxylic acids is 1. The van der Waals surface area contributed by atoms with Gasteiger partial charge < -0.3 is 10.7 Å². The Morgan fingerprint density at radius 3 is 2.86 bits per heavy atom. The molecule has 0 aromatic carbocycles. The number of H-pyrrole nitrogens is 1. The van der Waals surface area contributed by atoms with Crippen molar-refractivity contribution >= 4 is 35.2 Å². The van der Waals surface area contributed by atoms with E-state index in [0.717, 1.165) is 41.7 Å². The molecule has 0 radical (unpaired) electrons. The smallest absolute Gasteiger partial charge is 0.364 e.